The van der Waals surface area contributed by atoms with Gasteiger partial charge in [0.25, 0.3) is 0 Å². The van der Waals surface area contributed by atoms with E-state index in [1.807, 2.05) is 0 Å². The molecule has 124 valence electrons. The van der Waals surface area contributed by atoms with E-state index in [0.717, 1.165) is 38.5 Å². The molecule has 4 aliphatic carbocycles. The van der Waals surface area contributed by atoms with E-state index in [-0.39, 0.29) is 17.4 Å². The van der Waals surface area contributed by atoms with E-state index < -0.39 is 6.10 Å². The molecule has 0 aromatic rings. The Hall–Kier alpha value is -0.410. The van der Waals surface area contributed by atoms with Crippen molar-refractivity contribution in [3.63, 3.8) is 0 Å². The van der Waals surface area contributed by atoms with Gasteiger partial charge in [0.05, 0.1) is 12.2 Å². The maximum Gasteiger partial charge on any atom is 0.141 e. The van der Waals surface area contributed by atoms with Crippen molar-refractivity contribution in [2.24, 2.45) is 34.5 Å². The minimum absolute atomic E-state index is 0.109. The van der Waals surface area contributed by atoms with Crippen LogP contribution < -0.4 is 0 Å². The second kappa shape index (κ2) is 4.80. The van der Waals surface area contributed by atoms with E-state index in [9.17, 15) is 15.0 Å². The number of aliphatic hydroxyl groups excluding tert-OH is 2. The Morgan fingerprint density at radius 3 is 2.59 bits per heavy atom. The van der Waals surface area contributed by atoms with Gasteiger partial charge in [-0.3, -0.25) is 4.79 Å². The van der Waals surface area contributed by atoms with Crippen LogP contribution in [0.2, 0.25) is 0 Å². The summed E-state index contributed by atoms with van der Waals surface area (Å²) in [6.45, 7) is 4.55. The highest BCUT2D eigenvalue weighted by atomic mass is 16.3. The molecule has 4 fully saturated rings. The van der Waals surface area contributed by atoms with Gasteiger partial charge in [-0.15, -0.1) is 0 Å². The monoisotopic (exact) mass is 306 g/mol. The van der Waals surface area contributed by atoms with Crippen molar-refractivity contribution >= 4 is 5.78 Å². The van der Waals surface area contributed by atoms with E-state index >= 15 is 0 Å². The van der Waals surface area contributed by atoms with Gasteiger partial charge in [0, 0.05) is 17.8 Å². The van der Waals surface area contributed by atoms with Crippen LogP contribution in [-0.4, -0.2) is 28.2 Å². The molecular weight excluding hydrogens is 276 g/mol. The minimum atomic E-state index is -0.417. The molecule has 4 saturated carbocycles. The van der Waals surface area contributed by atoms with Gasteiger partial charge < -0.3 is 10.2 Å². The average molecular weight is 306 g/mol. The first-order valence-electron chi connectivity index (χ1n) is 9.25. The summed E-state index contributed by atoms with van der Waals surface area (Å²) in [6.07, 6.45) is 7.27. The number of hydrogen-bond acceptors (Lipinski definition) is 3. The highest BCUT2D eigenvalue weighted by molar-refractivity contribution is 5.88. The standard InChI is InChI=1S/C19H30O3/c1-18-7-5-12(20)9-11(18)3-4-13-14(18)6-8-19(2)16(22)10-15(21)17(13)19/h11-15,17,20-21H,3-10H2,1-2H3/t11-,12-,13?,14?,15-,17?,18-,19+/m0/s1. The Morgan fingerprint density at radius 2 is 1.82 bits per heavy atom. The normalized spacial score (nSPS) is 57.9. The lowest BCUT2D eigenvalue weighted by Crippen LogP contribution is -2.55. The predicted octanol–water partition coefficient (Wildman–Crippen LogP) is 2.93. The summed E-state index contributed by atoms with van der Waals surface area (Å²) in [5.41, 5.74) is 0.0484. The molecule has 4 aliphatic rings. The van der Waals surface area contributed by atoms with Crippen LogP contribution in [0.25, 0.3) is 0 Å². The fraction of sp³-hybridized carbons (Fsp3) is 0.947. The molecular formula is C19H30O3. The highest BCUT2D eigenvalue weighted by Crippen LogP contribution is 2.65. The lowest BCUT2D eigenvalue weighted by molar-refractivity contribution is -0.148. The molecule has 0 amide bonds. The molecule has 2 N–H and O–H groups in total. The van der Waals surface area contributed by atoms with Gasteiger partial charge in [-0.25, -0.2) is 0 Å². The molecule has 3 unspecified atom stereocenters. The molecule has 0 aromatic heterocycles. The van der Waals surface area contributed by atoms with E-state index in [2.05, 4.69) is 13.8 Å². The van der Waals surface area contributed by atoms with Gasteiger partial charge in [-0.2, -0.15) is 0 Å². The molecule has 22 heavy (non-hydrogen) atoms. The number of hydrogen-bond donors (Lipinski definition) is 2. The van der Waals surface area contributed by atoms with Gasteiger partial charge in [0.1, 0.15) is 5.78 Å². The first-order chi connectivity index (χ1) is 10.4. The van der Waals surface area contributed by atoms with Crippen molar-refractivity contribution in [3.8, 4) is 0 Å². The molecule has 3 heteroatoms. The van der Waals surface area contributed by atoms with E-state index in [0.29, 0.717) is 35.4 Å². The zero-order valence-electron chi connectivity index (χ0n) is 13.9. The summed E-state index contributed by atoms with van der Waals surface area (Å²) in [6, 6.07) is 0. The van der Waals surface area contributed by atoms with Crippen LogP contribution in [0.1, 0.15) is 65.2 Å². The van der Waals surface area contributed by atoms with Gasteiger partial charge in [0.15, 0.2) is 0 Å². The molecule has 8 atom stereocenters. The largest absolute Gasteiger partial charge is 0.393 e. The van der Waals surface area contributed by atoms with E-state index in [1.54, 1.807) is 0 Å². The molecule has 0 bridgehead atoms. The third-order valence-electron chi connectivity index (χ3n) is 8.34. The summed E-state index contributed by atoms with van der Waals surface area (Å²) in [5.74, 6) is 2.27. The molecule has 0 radical (unpaired) electrons. The number of ketones is 1. The van der Waals surface area contributed by atoms with Crippen molar-refractivity contribution in [3.05, 3.63) is 0 Å². The van der Waals surface area contributed by atoms with Gasteiger partial charge >= 0.3 is 0 Å². The van der Waals surface area contributed by atoms with Crippen molar-refractivity contribution in [1.82, 2.24) is 0 Å². The summed E-state index contributed by atoms with van der Waals surface area (Å²) in [7, 11) is 0. The smallest absolute Gasteiger partial charge is 0.141 e. The van der Waals surface area contributed by atoms with Crippen molar-refractivity contribution in [2.75, 3.05) is 0 Å². The zero-order chi connectivity index (χ0) is 15.7. The number of aliphatic hydroxyl groups is 2. The molecule has 0 aromatic carbocycles. The van der Waals surface area contributed by atoms with E-state index in [4.69, 9.17) is 0 Å². The first kappa shape index (κ1) is 15.1. The first-order valence-corrected chi connectivity index (χ1v) is 9.25. The quantitative estimate of drug-likeness (QED) is 0.723. The maximum atomic E-state index is 12.4. The molecule has 0 saturated heterocycles. The second-order valence-corrected chi connectivity index (χ2v) is 9.16. The van der Waals surface area contributed by atoms with E-state index in [1.165, 1.54) is 6.42 Å². The maximum absolute atomic E-state index is 12.4. The minimum Gasteiger partial charge on any atom is -0.393 e. The van der Waals surface area contributed by atoms with Gasteiger partial charge in [-0.05, 0) is 68.1 Å². The number of fused-ring (bicyclic) bond motifs is 5. The summed E-state index contributed by atoms with van der Waals surface area (Å²) in [5, 5.41) is 20.6. The fourth-order valence-electron chi connectivity index (χ4n) is 7.07. The van der Waals surface area contributed by atoms with Crippen LogP contribution in [0, 0.1) is 34.5 Å². The Labute approximate surface area is 133 Å². The summed E-state index contributed by atoms with van der Waals surface area (Å²) < 4.78 is 0. The molecule has 3 nitrogen and oxygen atoms in total. The molecule has 0 aliphatic heterocycles. The van der Waals surface area contributed by atoms with Crippen molar-refractivity contribution < 1.29 is 15.0 Å². The Morgan fingerprint density at radius 1 is 1.05 bits per heavy atom. The number of rotatable bonds is 0. The van der Waals surface area contributed by atoms with Gasteiger partial charge in [-0.1, -0.05) is 13.8 Å². The fourth-order valence-corrected chi connectivity index (χ4v) is 7.07. The molecule has 4 rings (SSSR count). The van der Waals surface area contributed by atoms with Crippen molar-refractivity contribution in [1.29, 1.82) is 0 Å². The highest BCUT2D eigenvalue weighted by Gasteiger charge is 2.62. The van der Waals surface area contributed by atoms with Crippen LogP contribution in [0.3, 0.4) is 0 Å². The average Bonchev–Trinajstić information content (AvgIpc) is 2.70. The Bertz CT molecular complexity index is 489. The summed E-state index contributed by atoms with van der Waals surface area (Å²) in [4.78, 5) is 12.4. The third kappa shape index (κ3) is 1.84. The zero-order valence-corrected chi connectivity index (χ0v) is 13.9. The third-order valence-corrected chi connectivity index (χ3v) is 8.34. The summed E-state index contributed by atoms with van der Waals surface area (Å²) >= 11 is 0. The van der Waals surface area contributed by atoms with Crippen LogP contribution in [-0.2, 0) is 4.79 Å². The topological polar surface area (TPSA) is 57.5 Å². The van der Waals surface area contributed by atoms with Crippen molar-refractivity contribution in [2.45, 2.75) is 77.4 Å². The Kier molecular flexibility index (Phi) is 3.30. The van der Waals surface area contributed by atoms with Crippen LogP contribution in [0.4, 0.5) is 0 Å². The van der Waals surface area contributed by atoms with Crippen LogP contribution in [0.15, 0.2) is 0 Å². The Balaban J connectivity index is 1.66. The number of Topliss-reactive ketones (excluding diaryl/α,β-unsaturated/α-hetero) is 1. The van der Waals surface area contributed by atoms with Gasteiger partial charge in [0.2, 0.25) is 0 Å². The SMILES string of the molecule is C[C@]12CCC3C(CC[C@H]4C[C@@H](O)CC[C@]34C)C1[C@@H](O)CC2=O. The second-order valence-electron chi connectivity index (χ2n) is 9.16. The van der Waals surface area contributed by atoms with Crippen LogP contribution >= 0.6 is 0 Å². The molecule has 0 heterocycles. The lowest BCUT2D eigenvalue weighted by atomic mass is 9.45. The number of carbonyl (C=O) groups excluding carboxylic acids is 1. The number of carbonyl (C=O) groups is 1. The lowest BCUT2D eigenvalue weighted by Gasteiger charge is -2.60. The van der Waals surface area contributed by atoms with Crippen LogP contribution in [0.5, 0.6) is 0 Å². The predicted molar refractivity (Wildman–Crippen MR) is 84.1 cm³/mol. The molecule has 0 spiro atoms.